The highest BCUT2D eigenvalue weighted by Gasteiger charge is 2.51. The van der Waals surface area contributed by atoms with Crippen LogP contribution >= 0.6 is 11.6 Å². The maximum atomic E-state index is 12.8. The Morgan fingerprint density at radius 3 is 2.75 bits per heavy atom. The second-order valence-corrected chi connectivity index (χ2v) is 7.40. The number of hydrogen-bond donors (Lipinski definition) is 2. The van der Waals surface area contributed by atoms with E-state index >= 15 is 0 Å². The third kappa shape index (κ3) is 3.22. The minimum absolute atomic E-state index is 0.324. The van der Waals surface area contributed by atoms with Crippen LogP contribution < -0.4 is 10.6 Å². The number of rotatable bonds is 4. The second kappa shape index (κ2) is 7.23. The number of benzene rings is 1. The molecular weight excluding hydrogens is 384 g/mol. The van der Waals surface area contributed by atoms with Crippen LogP contribution in [0.4, 0.5) is 10.5 Å². The first kappa shape index (κ1) is 18.4. The lowest BCUT2D eigenvalue weighted by Gasteiger charge is -2.30. The zero-order valence-electron chi connectivity index (χ0n) is 15.0. The van der Waals surface area contributed by atoms with Gasteiger partial charge in [-0.15, -0.1) is 0 Å². The molecule has 2 aromatic rings. The molecule has 0 bridgehead atoms. The van der Waals surface area contributed by atoms with Gasteiger partial charge in [0.2, 0.25) is 5.91 Å². The first-order valence-corrected chi connectivity index (χ1v) is 9.45. The summed E-state index contributed by atoms with van der Waals surface area (Å²) in [5, 5.41) is 9.92. The third-order valence-corrected chi connectivity index (χ3v) is 5.47. The van der Waals surface area contributed by atoms with Crippen molar-refractivity contribution < 1.29 is 14.4 Å². The van der Waals surface area contributed by atoms with Crippen LogP contribution in [0.25, 0.3) is 5.69 Å². The van der Waals surface area contributed by atoms with Crippen LogP contribution in [0.1, 0.15) is 32.1 Å². The van der Waals surface area contributed by atoms with Crippen molar-refractivity contribution in [2.45, 2.75) is 37.6 Å². The molecule has 1 aromatic heterocycles. The van der Waals surface area contributed by atoms with Gasteiger partial charge in [0.1, 0.15) is 30.4 Å². The van der Waals surface area contributed by atoms with Gasteiger partial charge < -0.3 is 10.6 Å². The number of anilines is 1. The number of halogens is 1. The van der Waals surface area contributed by atoms with Gasteiger partial charge in [-0.05, 0) is 25.0 Å². The van der Waals surface area contributed by atoms with Gasteiger partial charge in [0.25, 0.3) is 5.91 Å². The van der Waals surface area contributed by atoms with Gasteiger partial charge in [-0.2, -0.15) is 5.10 Å². The Morgan fingerprint density at radius 2 is 2.04 bits per heavy atom. The molecule has 4 amide bonds. The van der Waals surface area contributed by atoms with Gasteiger partial charge in [-0.3, -0.25) is 14.5 Å². The van der Waals surface area contributed by atoms with E-state index < -0.39 is 17.5 Å². The van der Waals surface area contributed by atoms with E-state index in [0.717, 1.165) is 24.2 Å². The summed E-state index contributed by atoms with van der Waals surface area (Å²) in [6.45, 7) is -0.365. The van der Waals surface area contributed by atoms with E-state index in [-0.39, 0.29) is 12.5 Å². The van der Waals surface area contributed by atoms with Crippen LogP contribution in [0.5, 0.6) is 0 Å². The fourth-order valence-electron chi connectivity index (χ4n) is 3.82. The lowest BCUT2D eigenvalue weighted by molar-refractivity contribution is -0.134. The number of carbonyl (C=O) groups is 3. The van der Waals surface area contributed by atoms with Crippen LogP contribution in [0, 0.1) is 0 Å². The fourth-order valence-corrected chi connectivity index (χ4v) is 4.08. The standard InChI is InChI=1S/C18H19ClN6O3/c19-12-5-4-6-13(15(12)25-11-20-10-21-25)22-14(26)9-24-16(27)18(23-17(24)28)7-2-1-3-8-18/h4-6,10-11H,1-3,7-9H2,(H,22,26)(H,23,28). The summed E-state index contributed by atoms with van der Waals surface area (Å²) in [5.74, 6) is -0.824. The molecule has 1 aliphatic heterocycles. The summed E-state index contributed by atoms with van der Waals surface area (Å²) in [4.78, 5) is 42.6. The second-order valence-electron chi connectivity index (χ2n) is 6.99. The zero-order chi connectivity index (χ0) is 19.7. The maximum absolute atomic E-state index is 12.8. The number of carbonyl (C=O) groups excluding carboxylic acids is 3. The van der Waals surface area contributed by atoms with Crippen molar-refractivity contribution in [2.75, 3.05) is 11.9 Å². The molecule has 2 fully saturated rings. The first-order valence-electron chi connectivity index (χ1n) is 9.08. The lowest BCUT2D eigenvalue weighted by atomic mass is 9.82. The van der Waals surface area contributed by atoms with Gasteiger partial charge in [0.05, 0.1) is 10.7 Å². The van der Waals surface area contributed by atoms with Crippen molar-refractivity contribution in [1.29, 1.82) is 0 Å². The van der Waals surface area contributed by atoms with E-state index in [9.17, 15) is 14.4 Å². The van der Waals surface area contributed by atoms with Gasteiger partial charge in [0, 0.05) is 0 Å². The van der Waals surface area contributed by atoms with Crippen LogP contribution in [0.2, 0.25) is 5.02 Å². The molecule has 1 aromatic carbocycles. The van der Waals surface area contributed by atoms with Crippen LogP contribution in [-0.4, -0.2) is 49.6 Å². The number of imide groups is 1. The lowest BCUT2D eigenvalue weighted by Crippen LogP contribution is -2.48. The van der Waals surface area contributed by atoms with Crippen LogP contribution in [-0.2, 0) is 9.59 Å². The summed E-state index contributed by atoms with van der Waals surface area (Å²) >= 11 is 6.25. The Bertz CT molecular complexity index is 923. The van der Waals surface area contributed by atoms with Crippen molar-refractivity contribution in [1.82, 2.24) is 25.0 Å². The summed E-state index contributed by atoms with van der Waals surface area (Å²) < 4.78 is 1.43. The number of nitrogens with one attached hydrogen (secondary N) is 2. The Labute approximate surface area is 166 Å². The predicted octanol–water partition coefficient (Wildman–Crippen LogP) is 2.11. The van der Waals surface area contributed by atoms with Crippen LogP contribution in [0.15, 0.2) is 30.9 Å². The van der Waals surface area contributed by atoms with Gasteiger partial charge in [-0.25, -0.2) is 14.5 Å². The quantitative estimate of drug-likeness (QED) is 0.761. The molecule has 0 unspecified atom stereocenters. The van der Waals surface area contributed by atoms with Crippen molar-refractivity contribution in [3.8, 4) is 5.69 Å². The van der Waals surface area contributed by atoms with Crippen molar-refractivity contribution >= 4 is 35.1 Å². The summed E-state index contributed by atoms with van der Waals surface area (Å²) in [5.41, 5.74) is 0.00999. The van der Waals surface area contributed by atoms with E-state index in [2.05, 4.69) is 20.7 Å². The molecule has 9 nitrogen and oxygen atoms in total. The molecular formula is C18H19ClN6O3. The molecule has 1 aliphatic carbocycles. The van der Waals surface area contributed by atoms with E-state index in [4.69, 9.17) is 11.6 Å². The number of aromatic nitrogens is 3. The Hall–Kier alpha value is -2.94. The minimum Gasteiger partial charge on any atom is -0.323 e. The topological polar surface area (TPSA) is 109 Å². The summed E-state index contributed by atoms with van der Waals surface area (Å²) in [7, 11) is 0. The van der Waals surface area contributed by atoms with Gasteiger partial charge in [-0.1, -0.05) is 36.9 Å². The molecule has 10 heteroatoms. The average Bonchev–Trinajstić information content (AvgIpc) is 3.26. The molecule has 1 spiro atoms. The molecule has 1 saturated heterocycles. The average molecular weight is 403 g/mol. The zero-order valence-corrected chi connectivity index (χ0v) is 15.8. The van der Waals surface area contributed by atoms with E-state index in [1.54, 1.807) is 18.2 Å². The number of para-hydroxylation sites is 1. The van der Waals surface area contributed by atoms with E-state index in [1.807, 2.05) is 0 Å². The van der Waals surface area contributed by atoms with E-state index in [0.29, 0.717) is 29.2 Å². The van der Waals surface area contributed by atoms with Crippen LogP contribution in [0.3, 0.4) is 0 Å². The molecule has 146 valence electrons. The molecule has 28 heavy (non-hydrogen) atoms. The summed E-state index contributed by atoms with van der Waals surface area (Å²) in [6, 6.07) is 4.49. The highest BCUT2D eigenvalue weighted by Crippen LogP contribution is 2.33. The van der Waals surface area contributed by atoms with Gasteiger partial charge >= 0.3 is 6.03 Å². The molecule has 2 N–H and O–H groups in total. The molecule has 0 radical (unpaired) electrons. The molecule has 2 aliphatic rings. The number of urea groups is 1. The first-order chi connectivity index (χ1) is 13.5. The maximum Gasteiger partial charge on any atom is 0.325 e. The molecule has 4 rings (SSSR count). The Morgan fingerprint density at radius 1 is 1.25 bits per heavy atom. The molecule has 1 saturated carbocycles. The van der Waals surface area contributed by atoms with Crippen molar-refractivity contribution in [3.63, 3.8) is 0 Å². The normalized spacial score (nSPS) is 18.4. The Balaban J connectivity index is 1.51. The highest BCUT2D eigenvalue weighted by atomic mass is 35.5. The molecule has 2 heterocycles. The minimum atomic E-state index is -0.850. The Kier molecular flexibility index (Phi) is 4.76. The smallest absolute Gasteiger partial charge is 0.323 e. The third-order valence-electron chi connectivity index (χ3n) is 5.16. The van der Waals surface area contributed by atoms with E-state index in [1.165, 1.54) is 17.3 Å². The monoisotopic (exact) mass is 402 g/mol. The highest BCUT2D eigenvalue weighted by molar-refractivity contribution is 6.33. The van der Waals surface area contributed by atoms with Gasteiger partial charge in [0.15, 0.2) is 0 Å². The number of nitrogens with zero attached hydrogens (tertiary/aromatic N) is 4. The SMILES string of the molecule is O=C(CN1C(=O)NC2(CCCCC2)C1=O)Nc1cccc(Cl)c1-n1cncn1. The fraction of sp³-hybridized carbons (Fsp3) is 0.389. The summed E-state index contributed by atoms with van der Waals surface area (Å²) in [6.07, 6.45) is 6.85. The van der Waals surface area contributed by atoms with Crippen molar-refractivity contribution in [3.05, 3.63) is 35.9 Å². The van der Waals surface area contributed by atoms with Crippen molar-refractivity contribution in [2.24, 2.45) is 0 Å². The molecule has 0 atom stereocenters. The number of hydrogen-bond acceptors (Lipinski definition) is 5. The largest absolute Gasteiger partial charge is 0.325 e. The number of amides is 4. The predicted molar refractivity (Wildman–Crippen MR) is 101 cm³/mol.